The third kappa shape index (κ3) is 6.05. The van der Waals surface area contributed by atoms with Gasteiger partial charge in [0.05, 0.1) is 13.7 Å². The van der Waals surface area contributed by atoms with E-state index >= 15 is 0 Å². The number of hydrogen-bond donors (Lipinski definition) is 2. The first-order chi connectivity index (χ1) is 9.97. The molecule has 0 aliphatic rings. The zero-order valence-electron chi connectivity index (χ0n) is 13.4. The van der Waals surface area contributed by atoms with Crippen LogP contribution in [0.2, 0.25) is 0 Å². The molecule has 0 aliphatic heterocycles. The summed E-state index contributed by atoms with van der Waals surface area (Å²) in [7, 11) is 1.68. The Labute approximate surface area is 127 Å². The maximum atomic E-state index is 9.42. The molecule has 1 aromatic carbocycles. The average molecular weight is 295 g/mol. The lowest BCUT2D eigenvalue weighted by atomic mass is 9.78. The molecule has 0 amide bonds. The Balaban J connectivity index is 2.84. The number of nitrogens with zero attached hydrogens (tertiary/aromatic N) is 1. The van der Waals surface area contributed by atoms with Crippen LogP contribution in [-0.4, -0.2) is 56.0 Å². The van der Waals surface area contributed by atoms with Gasteiger partial charge in [-0.1, -0.05) is 26.0 Å². The fourth-order valence-corrected chi connectivity index (χ4v) is 2.31. The average Bonchev–Trinajstić information content (AvgIpc) is 2.44. The molecule has 0 aromatic heterocycles. The second-order valence-electron chi connectivity index (χ2n) is 5.57. The van der Waals surface area contributed by atoms with E-state index in [9.17, 15) is 10.0 Å². The normalized spacial score (nSPS) is 11.2. The van der Waals surface area contributed by atoms with Crippen molar-refractivity contribution in [2.75, 3.05) is 33.9 Å². The molecule has 0 atom stereocenters. The van der Waals surface area contributed by atoms with E-state index in [0.717, 1.165) is 25.2 Å². The summed E-state index contributed by atoms with van der Waals surface area (Å²) in [6, 6.07) is 5.50. The number of ether oxygens (including phenoxy) is 2. The predicted molar refractivity (Wildman–Crippen MR) is 84.8 cm³/mol. The SMILES string of the molecule is COCCN(Cc1ccc(OC)c(B(O)O)c1)CC(C)C. The van der Waals surface area contributed by atoms with Crippen LogP contribution in [0.15, 0.2) is 18.2 Å². The highest BCUT2D eigenvalue weighted by atomic mass is 16.5. The first-order valence-corrected chi connectivity index (χ1v) is 7.22. The molecule has 118 valence electrons. The van der Waals surface area contributed by atoms with Gasteiger partial charge in [-0.15, -0.1) is 0 Å². The predicted octanol–water partition coefficient (Wildman–Crippen LogP) is 0.479. The molecule has 1 aromatic rings. The zero-order valence-corrected chi connectivity index (χ0v) is 13.4. The quantitative estimate of drug-likeness (QED) is 0.649. The summed E-state index contributed by atoms with van der Waals surface area (Å²) in [6.45, 7) is 7.58. The maximum absolute atomic E-state index is 9.42. The molecule has 0 unspecified atom stereocenters. The molecule has 0 bridgehead atoms. The standard InChI is InChI=1S/C15H26BNO4/c1-12(2)10-17(7-8-20-3)11-13-5-6-15(21-4)14(9-13)16(18)19/h5-6,9,12,18-19H,7-8,10-11H2,1-4H3. The molecular weight excluding hydrogens is 269 g/mol. The molecule has 21 heavy (non-hydrogen) atoms. The summed E-state index contributed by atoms with van der Waals surface area (Å²) in [5, 5.41) is 18.8. The summed E-state index contributed by atoms with van der Waals surface area (Å²) < 4.78 is 10.3. The molecule has 0 saturated heterocycles. The Morgan fingerprint density at radius 1 is 1.24 bits per heavy atom. The van der Waals surface area contributed by atoms with E-state index in [1.54, 1.807) is 19.2 Å². The smallest absolute Gasteiger partial charge is 0.492 e. The van der Waals surface area contributed by atoms with Crippen molar-refractivity contribution < 1.29 is 19.5 Å². The van der Waals surface area contributed by atoms with Crippen molar-refractivity contribution in [3.63, 3.8) is 0 Å². The summed E-state index contributed by atoms with van der Waals surface area (Å²) in [6.07, 6.45) is 0. The Morgan fingerprint density at radius 3 is 2.48 bits per heavy atom. The van der Waals surface area contributed by atoms with Gasteiger partial charge in [-0.2, -0.15) is 0 Å². The van der Waals surface area contributed by atoms with Gasteiger partial charge in [0.1, 0.15) is 5.75 Å². The molecule has 6 heteroatoms. The lowest BCUT2D eigenvalue weighted by Gasteiger charge is -2.24. The van der Waals surface area contributed by atoms with E-state index < -0.39 is 7.12 Å². The second-order valence-corrected chi connectivity index (χ2v) is 5.57. The van der Waals surface area contributed by atoms with Crippen LogP contribution in [-0.2, 0) is 11.3 Å². The number of methoxy groups -OCH3 is 2. The van der Waals surface area contributed by atoms with Crippen LogP contribution in [0.5, 0.6) is 5.75 Å². The molecule has 1 rings (SSSR count). The topological polar surface area (TPSA) is 62.2 Å². The minimum absolute atomic E-state index is 0.395. The van der Waals surface area contributed by atoms with Crippen molar-refractivity contribution >= 4 is 12.6 Å². The van der Waals surface area contributed by atoms with E-state index in [0.29, 0.717) is 23.7 Å². The Hall–Kier alpha value is -1.08. The second kappa shape index (κ2) is 9.05. The zero-order chi connectivity index (χ0) is 15.8. The van der Waals surface area contributed by atoms with Crippen molar-refractivity contribution in [2.24, 2.45) is 5.92 Å². The van der Waals surface area contributed by atoms with E-state index in [1.807, 2.05) is 6.07 Å². The van der Waals surface area contributed by atoms with Crippen LogP contribution < -0.4 is 10.2 Å². The Bertz CT molecular complexity index is 426. The van der Waals surface area contributed by atoms with Gasteiger partial charge in [0.25, 0.3) is 0 Å². The summed E-state index contributed by atoms with van der Waals surface area (Å²) in [4.78, 5) is 2.30. The van der Waals surface area contributed by atoms with Crippen molar-refractivity contribution in [1.82, 2.24) is 4.90 Å². The third-order valence-electron chi connectivity index (χ3n) is 3.21. The monoisotopic (exact) mass is 295 g/mol. The highest BCUT2D eigenvalue weighted by Crippen LogP contribution is 2.13. The molecule has 0 fully saturated rings. The van der Waals surface area contributed by atoms with Gasteiger partial charge >= 0.3 is 7.12 Å². The number of hydrogen-bond acceptors (Lipinski definition) is 5. The van der Waals surface area contributed by atoms with Crippen molar-refractivity contribution in [3.05, 3.63) is 23.8 Å². The molecule has 5 nitrogen and oxygen atoms in total. The molecule has 0 radical (unpaired) electrons. The Morgan fingerprint density at radius 2 is 1.95 bits per heavy atom. The van der Waals surface area contributed by atoms with Gasteiger partial charge in [-0.25, -0.2) is 0 Å². The van der Waals surface area contributed by atoms with Crippen molar-refractivity contribution in [3.8, 4) is 5.75 Å². The van der Waals surface area contributed by atoms with Crippen LogP contribution >= 0.6 is 0 Å². The van der Waals surface area contributed by atoms with Crippen LogP contribution in [0.1, 0.15) is 19.4 Å². The molecule has 0 heterocycles. The number of rotatable bonds is 9. The number of benzene rings is 1. The molecule has 0 spiro atoms. The third-order valence-corrected chi connectivity index (χ3v) is 3.21. The van der Waals surface area contributed by atoms with Gasteiger partial charge in [-0.05, 0) is 17.5 Å². The molecule has 0 aliphatic carbocycles. The minimum atomic E-state index is -1.53. The fraction of sp³-hybridized carbons (Fsp3) is 0.600. The first kappa shape index (κ1) is 18.0. The largest absolute Gasteiger partial charge is 0.497 e. The van der Waals surface area contributed by atoms with Gasteiger partial charge in [-0.3, -0.25) is 4.90 Å². The van der Waals surface area contributed by atoms with Gasteiger partial charge in [0.2, 0.25) is 0 Å². The van der Waals surface area contributed by atoms with Crippen LogP contribution in [0, 0.1) is 5.92 Å². The molecule has 0 saturated carbocycles. The minimum Gasteiger partial charge on any atom is -0.497 e. The van der Waals surface area contributed by atoms with Crippen LogP contribution in [0.25, 0.3) is 0 Å². The summed E-state index contributed by atoms with van der Waals surface area (Å²) in [5.74, 6) is 1.05. The van der Waals surface area contributed by atoms with Gasteiger partial charge in [0.15, 0.2) is 0 Å². The van der Waals surface area contributed by atoms with E-state index in [2.05, 4.69) is 18.7 Å². The van der Waals surface area contributed by atoms with Crippen molar-refractivity contribution in [1.29, 1.82) is 0 Å². The molecular formula is C15H26BNO4. The highest BCUT2D eigenvalue weighted by molar-refractivity contribution is 6.59. The lowest BCUT2D eigenvalue weighted by molar-refractivity contribution is 0.136. The summed E-state index contributed by atoms with van der Waals surface area (Å²) in [5.41, 5.74) is 1.42. The van der Waals surface area contributed by atoms with E-state index in [4.69, 9.17) is 9.47 Å². The van der Waals surface area contributed by atoms with E-state index in [1.165, 1.54) is 7.11 Å². The highest BCUT2D eigenvalue weighted by Gasteiger charge is 2.18. The van der Waals surface area contributed by atoms with Gasteiger partial charge in [0, 0.05) is 32.2 Å². The summed E-state index contributed by atoms with van der Waals surface area (Å²) >= 11 is 0. The maximum Gasteiger partial charge on any atom is 0.492 e. The van der Waals surface area contributed by atoms with Gasteiger partial charge < -0.3 is 19.5 Å². The first-order valence-electron chi connectivity index (χ1n) is 7.22. The van der Waals surface area contributed by atoms with E-state index in [-0.39, 0.29) is 0 Å². The fourth-order valence-electron chi connectivity index (χ4n) is 2.31. The Kier molecular flexibility index (Phi) is 7.74. The lowest BCUT2D eigenvalue weighted by Crippen LogP contribution is -2.33. The molecule has 2 N–H and O–H groups in total. The van der Waals surface area contributed by atoms with Crippen molar-refractivity contribution in [2.45, 2.75) is 20.4 Å². The van der Waals surface area contributed by atoms with Crippen LogP contribution in [0.4, 0.5) is 0 Å². The van der Waals surface area contributed by atoms with Crippen LogP contribution in [0.3, 0.4) is 0 Å².